The lowest BCUT2D eigenvalue weighted by Crippen LogP contribution is -3.00. The first-order chi connectivity index (χ1) is 14.7. The molecule has 6 aromatic rings. The third-order valence-corrected chi connectivity index (χ3v) is 6.57. The van der Waals surface area contributed by atoms with Crippen LogP contribution in [0.4, 0.5) is 0 Å². The molecule has 6 rings (SSSR count). The van der Waals surface area contributed by atoms with Gasteiger partial charge in [-0.15, -0.1) is 0 Å². The Kier molecular flexibility index (Phi) is 5.13. The number of benzene rings is 3. The molecule has 0 unspecified atom stereocenters. The molecule has 0 atom stereocenters. The summed E-state index contributed by atoms with van der Waals surface area (Å²) >= 11 is 7.19. The molecule has 3 heterocycles. The molecule has 3 nitrogen and oxygen atoms in total. The minimum absolute atomic E-state index is 0. The van der Waals surface area contributed by atoms with E-state index in [9.17, 15) is 0 Å². The van der Waals surface area contributed by atoms with E-state index in [1.165, 1.54) is 10.8 Å². The molecular formula is C25H16Br2ClN3. The quantitative estimate of drug-likeness (QED) is 0.313. The number of para-hydroxylation sites is 1. The molecule has 0 amide bonds. The molecular weight excluding hydrogens is 538 g/mol. The Morgan fingerprint density at radius 3 is 2.39 bits per heavy atom. The van der Waals surface area contributed by atoms with Crippen LogP contribution in [0.25, 0.3) is 44.3 Å². The van der Waals surface area contributed by atoms with Crippen molar-refractivity contribution < 1.29 is 16.8 Å². The van der Waals surface area contributed by atoms with E-state index in [-0.39, 0.29) is 12.4 Å². The fourth-order valence-corrected chi connectivity index (χ4v) is 4.87. The summed E-state index contributed by atoms with van der Waals surface area (Å²) in [5.74, 6) is 0. The number of aromatic nitrogens is 3. The van der Waals surface area contributed by atoms with E-state index >= 15 is 0 Å². The zero-order valence-corrected chi connectivity index (χ0v) is 20.1. The summed E-state index contributed by atoms with van der Waals surface area (Å²) in [4.78, 5) is 3.67. The Balaban J connectivity index is 0.00000204. The number of H-pyrrole nitrogens is 1. The molecule has 31 heavy (non-hydrogen) atoms. The molecule has 152 valence electrons. The number of nitrogens with zero attached hydrogens (tertiary/aromatic N) is 2. The number of hydrogen-bond donors (Lipinski definition) is 1. The zero-order valence-electron chi connectivity index (χ0n) is 16.2. The van der Waals surface area contributed by atoms with Gasteiger partial charge in [0.15, 0.2) is 5.69 Å². The van der Waals surface area contributed by atoms with Crippen LogP contribution in [0.1, 0.15) is 0 Å². The van der Waals surface area contributed by atoms with Crippen LogP contribution in [0.2, 0.25) is 0 Å². The van der Waals surface area contributed by atoms with Gasteiger partial charge in [-0.2, -0.15) is 8.97 Å². The van der Waals surface area contributed by atoms with Crippen LogP contribution in [0.15, 0.2) is 100 Å². The summed E-state index contributed by atoms with van der Waals surface area (Å²) in [7, 11) is 0. The fourth-order valence-electron chi connectivity index (χ4n) is 4.22. The Morgan fingerprint density at radius 2 is 1.58 bits per heavy atom. The number of fused-ring (bicyclic) bond motifs is 5. The number of pyridine rings is 1. The van der Waals surface area contributed by atoms with Gasteiger partial charge in [-0.3, -0.25) is 0 Å². The summed E-state index contributed by atoms with van der Waals surface area (Å²) in [6.45, 7) is 0. The maximum Gasteiger partial charge on any atom is 0.254 e. The van der Waals surface area contributed by atoms with E-state index in [4.69, 9.17) is 0 Å². The van der Waals surface area contributed by atoms with E-state index in [1.54, 1.807) is 0 Å². The summed E-state index contributed by atoms with van der Waals surface area (Å²) in [5, 5.41) is 2.47. The smallest absolute Gasteiger partial charge is 0.254 e. The molecule has 0 saturated carbocycles. The highest BCUT2D eigenvalue weighted by Crippen LogP contribution is 2.34. The van der Waals surface area contributed by atoms with Crippen LogP contribution < -0.4 is 16.8 Å². The third-order valence-electron chi connectivity index (χ3n) is 5.55. The zero-order chi connectivity index (χ0) is 20.2. The fraction of sp³-hybridized carbons (Fsp3) is 0. The highest BCUT2D eigenvalue weighted by Gasteiger charge is 2.25. The molecule has 0 saturated heterocycles. The van der Waals surface area contributed by atoms with Gasteiger partial charge in [0.25, 0.3) is 6.33 Å². The van der Waals surface area contributed by atoms with Crippen LogP contribution in [0.3, 0.4) is 0 Å². The lowest BCUT2D eigenvalue weighted by atomic mass is 10.1. The lowest BCUT2D eigenvalue weighted by molar-refractivity contribution is -0.510. The molecule has 6 heteroatoms. The minimum atomic E-state index is 0. The van der Waals surface area contributed by atoms with Gasteiger partial charge in [-0.1, -0.05) is 56.1 Å². The van der Waals surface area contributed by atoms with Gasteiger partial charge in [0.2, 0.25) is 5.52 Å². The van der Waals surface area contributed by atoms with Gasteiger partial charge in [-0.05, 0) is 54.6 Å². The second-order valence-corrected chi connectivity index (χ2v) is 9.18. The molecule has 0 bridgehead atoms. The maximum absolute atomic E-state index is 3.67. The average Bonchev–Trinajstić information content (AvgIpc) is 3.33. The van der Waals surface area contributed by atoms with Crippen LogP contribution >= 0.6 is 31.9 Å². The molecule has 0 aliphatic rings. The second-order valence-electron chi connectivity index (χ2n) is 7.35. The SMILES string of the molecule is Brc1ccc(-c2c3c4[nH]c5ccccc5c4cc[n+]3cn2-c2cccc(Br)c2)cc1.[Cl-]. The van der Waals surface area contributed by atoms with E-state index in [0.29, 0.717) is 0 Å². The van der Waals surface area contributed by atoms with Crippen molar-refractivity contribution in [2.75, 3.05) is 0 Å². The number of nitrogens with one attached hydrogen (secondary N) is 1. The third kappa shape index (κ3) is 3.28. The molecule has 0 radical (unpaired) electrons. The average molecular weight is 554 g/mol. The molecule has 0 spiro atoms. The van der Waals surface area contributed by atoms with Gasteiger partial charge >= 0.3 is 0 Å². The monoisotopic (exact) mass is 551 g/mol. The highest BCUT2D eigenvalue weighted by atomic mass is 79.9. The number of halogens is 3. The highest BCUT2D eigenvalue weighted by molar-refractivity contribution is 9.10. The molecule has 0 fully saturated rings. The summed E-state index contributed by atoms with van der Waals surface area (Å²) in [6.07, 6.45) is 4.30. The van der Waals surface area contributed by atoms with Gasteiger partial charge in [0, 0.05) is 30.8 Å². The van der Waals surface area contributed by atoms with Crippen molar-refractivity contribution >= 4 is 59.2 Å². The predicted octanol–water partition coefficient (Wildman–Crippen LogP) is 4.05. The van der Waals surface area contributed by atoms with Crippen LogP contribution in [-0.4, -0.2) is 9.55 Å². The Morgan fingerprint density at radius 1 is 0.774 bits per heavy atom. The molecule has 0 aliphatic carbocycles. The van der Waals surface area contributed by atoms with Crippen molar-refractivity contribution in [1.82, 2.24) is 9.55 Å². The van der Waals surface area contributed by atoms with Crippen molar-refractivity contribution in [2.24, 2.45) is 0 Å². The van der Waals surface area contributed by atoms with E-state index in [2.05, 4.69) is 137 Å². The standard InChI is InChI=1S/C25H16Br2N3.ClH/c26-17-10-8-16(9-11-17)24-25-23-21(20-6-1-2-7-22(20)28-23)12-13-29(25)15-30(24)19-5-3-4-18(27)14-19;/h1-15,28H;1H/q+1;/p-1. The first-order valence-corrected chi connectivity index (χ1v) is 11.3. The van der Waals surface area contributed by atoms with Crippen molar-refractivity contribution in [3.8, 4) is 16.9 Å². The minimum Gasteiger partial charge on any atom is -1.00 e. The van der Waals surface area contributed by atoms with Gasteiger partial charge in [0.1, 0.15) is 5.69 Å². The van der Waals surface area contributed by atoms with Crippen LogP contribution in [0.5, 0.6) is 0 Å². The van der Waals surface area contributed by atoms with Gasteiger partial charge < -0.3 is 17.4 Å². The molecule has 3 aromatic carbocycles. The van der Waals surface area contributed by atoms with Crippen molar-refractivity contribution in [1.29, 1.82) is 0 Å². The van der Waals surface area contributed by atoms with Crippen LogP contribution in [0, 0.1) is 0 Å². The number of imidazole rings is 1. The summed E-state index contributed by atoms with van der Waals surface area (Å²) in [6, 6.07) is 27.6. The van der Waals surface area contributed by atoms with Crippen molar-refractivity contribution in [2.45, 2.75) is 0 Å². The Hall–Kier alpha value is -2.60. The van der Waals surface area contributed by atoms with E-state index < -0.39 is 0 Å². The second kappa shape index (κ2) is 7.83. The predicted molar refractivity (Wildman–Crippen MR) is 129 cm³/mol. The molecule has 0 aliphatic heterocycles. The van der Waals surface area contributed by atoms with Gasteiger partial charge in [-0.25, -0.2) is 0 Å². The van der Waals surface area contributed by atoms with Crippen LogP contribution in [-0.2, 0) is 0 Å². The number of hydrogen-bond acceptors (Lipinski definition) is 0. The first kappa shape index (κ1) is 20.3. The van der Waals surface area contributed by atoms with Gasteiger partial charge in [0.05, 0.1) is 11.7 Å². The topological polar surface area (TPSA) is 24.8 Å². The molecule has 3 aromatic heterocycles. The molecule has 1 N–H and O–H groups in total. The Bertz CT molecular complexity index is 1570. The lowest BCUT2D eigenvalue weighted by Gasteiger charge is -2.04. The summed E-state index contributed by atoms with van der Waals surface area (Å²) < 4.78 is 6.59. The first-order valence-electron chi connectivity index (χ1n) is 9.67. The van der Waals surface area contributed by atoms with E-state index in [1.807, 2.05) is 0 Å². The Labute approximate surface area is 202 Å². The van der Waals surface area contributed by atoms with Crippen molar-refractivity contribution in [3.05, 3.63) is 100 Å². The normalized spacial score (nSPS) is 11.3. The number of aromatic amines is 1. The summed E-state index contributed by atoms with van der Waals surface area (Å²) in [5.41, 5.74) is 6.87. The number of rotatable bonds is 2. The largest absolute Gasteiger partial charge is 1.00 e. The van der Waals surface area contributed by atoms with Crippen molar-refractivity contribution in [3.63, 3.8) is 0 Å². The van der Waals surface area contributed by atoms with E-state index in [0.717, 1.165) is 42.4 Å². The maximum atomic E-state index is 3.67.